The number of rotatable bonds is 5. The van der Waals surface area contributed by atoms with Gasteiger partial charge in [0.25, 0.3) is 0 Å². The molecule has 1 aromatic carbocycles. The van der Waals surface area contributed by atoms with Gasteiger partial charge in [-0.1, -0.05) is 13.8 Å². The lowest BCUT2D eigenvalue weighted by molar-refractivity contribution is 0.367. The van der Waals surface area contributed by atoms with Gasteiger partial charge in [0.1, 0.15) is 0 Å². The van der Waals surface area contributed by atoms with Gasteiger partial charge in [0, 0.05) is 18.8 Å². The van der Waals surface area contributed by atoms with E-state index in [2.05, 4.69) is 15.7 Å². The van der Waals surface area contributed by atoms with E-state index in [1.165, 1.54) is 12.3 Å². The van der Waals surface area contributed by atoms with Crippen molar-refractivity contribution in [2.45, 2.75) is 20.4 Å². The van der Waals surface area contributed by atoms with E-state index in [9.17, 15) is 22.0 Å². The standard InChI is InChI=1S/C15H15F5N4S/c1-7(2)5-21-15(25)22-9-3-4-24(23-9)6-8-10(16)12(18)14(20)13(19)11(8)17/h3-4,7H,5-6H2,1-2H3,(H2,21,22,23,25). The molecule has 2 N–H and O–H groups in total. The molecular weight excluding hydrogens is 363 g/mol. The number of thiocarbonyl (C=S) groups is 1. The van der Waals surface area contributed by atoms with Crippen molar-refractivity contribution >= 4 is 23.1 Å². The van der Waals surface area contributed by atoms with Crippen LogP contribution >= 0.6 is 12.2 Å². The van der Waals surface area contributed by atoms with Crippen LogP contribution in [0.15, 0.2) is 12.3 Å². The molecule has 0 atom stereocenters. The molecule has 0 saturated carbocycles. The van der Waals surface area contributed by atoms with Gasteiger partial charge in [0.2, 0.25) is 5.82 Å². The smallest absolute Gasteiger partial charge is 0.200 e. The number of nitrogens with zero attached hydrogens (tertiary/aromatic N) is 2. The Morgan fingerprint density at radius 1 is 1.08 bits per heavy atom. The highest BCUT2D eigenvalue weighted by molar-refractivity contribution is 7.80. The summed E-state index contributed by atoms with van der Waals surface area (Å²) in [6.45, 7) is 4.00. The molecule has 0 radical (unpaired) electrons. The lowest BCUT2D eigenvalue weighted by Gasteiger charge is -2.10. The van der Waals surface area contributed by atoms with Crippen LogP contribution < -0.4 is 10.6 Å². The molecule has 2 rings (SSSR count). The van der Waals surface area contributed by atoms with Gasteiger partial charge in [-0.3, -0.25) is 4.68 Å². The molecule has 0 saturated heterocycles. The second-order valence-corrected chi connectivity index (χ2v) is 6.08. The maximum Gasteiger partial charge on any atom is 0.200 e. The van der Waals surface area contributed by atoms with Crippen molar-refractivity contribution in [3.63, 3.8) is 0 Å². The van der Waals surface area contributed by atoms with Crippen LogP contribution in [-0.4, -0.2) is 21.4 Å². The second kappa shape index (κ2) is 7.77. The van der Waals surface area contributed by atoms with Crippen molar-refractivity contribution in [1.29, 1.82) is 0 Å². The van der Waals surface area contributed by atoms with E-state index < -0.39 is 41.2 Å². The molecule has 2 aromatic rings. The molecule has 10 heteroatoms. The van der Waals surface area contributed by atoms with E-state index in [1.807, 2.05) is 13.8 Å². The molecule has 1 heterocycles. The van der Waals surface area contributed by atoms with Gasteiger partial charge in [-0.25, -0.2) is 22.0 Å². The predicted octanol–water partition coefficient (Wildman–Crippen LogP) is 3.57. The number of nitrogens with one attached hydrogen (secondary N) is 2. The Morgan fingerprint density at radius 3 is 2.20 bits per heavy atom. The molecule has 0 unspecified atom stereocenters. The Morgan fingerprint density at radius 2 is 1.64 bits per heavy atom. The average Bonchev–Trinajstić information content (AvgIpc) is 3.00. The van der Waals surface area contributed by atoms with Crippen LogP contribution in [0.5, 0.6) is 0 Å². The monoisotopic (exact) mass is 378 g/mol. The fourth-order valence-corrected chi connectivity index (χ4v) is 2.11. The number of halogens is 5. The third-order valence-electron chi connectivity index (χ3n) is 3.17. The van der Waals surface area contributed by atoms with Crippen molar-refractivity contribution in [3.05, 3.63) is 46.9 Å². The highest BCUT2D eigenvalue weighted by Gasteiger charge is 2.25. The van der Waals surface area contributed by atoms with Gasteiger partial charge in [0.15, 0.2) is 34.2 Å². The van der Waals surface area contributed by atoms with Gasteiger partial charge in [0.05, 0.1) is 12.1 Å². The number of benzene rings is 1. The lowest BCUT2D eigenvalue weighted by Crippen LogP contribution is -2.31. The third kappa shape index (κ3) is 4.44. The van der Waals surface area contributed by atoms with E-state index in [-0.39, 0.29) is 5.82 Å². The zero-order valence-corrected chi connectivity index (χ0v) is 14.2. The summed E-state index contributed by atoms with van der Waals surface area (Å²) >= 11 is 5.05. The molecule has 1 aromatic heterocycles. The van der Waals surface area contributed by atoms with Crippen LogP contribution in [-0.2, 0) is 6.54 Å². The summed E-state index contributed by atoms with van der Waals surface area (Å²) < 4.78 is 67.8. The minimum atomic E-state index is -2.19. The van der Waals surface area contributed by atoms with E-state index >= 15 is 0 Å². The second-order valence-electron chi connectivity index (χ2n) is 5.68. The average molecular weight is 378 g/mol. The van der Waals surface area contributed by atoms with Crippen molar-refractivity contribution in [2.75, 3.05) is 11.9 Å². The maximum absolute atomic E-state index is 13.7. The first-order chi connectivity index (χ1) is 11.7. The molecule has 0 aliphatic heterocycles. The molecule has 0 fully saturated rings. The lowest BCUT2D eigenvalue weighted by atomic mass is 10.1. The van der Waals surface area contributed by atoms with Gasteiger partial charge in [-0.15, -0.1) is 0 Å². The quantitative estimate of drug-likeness (QED) is 0.361. The fraction of sp³-hybridized carbons (Fsp3) is 0.333. The molecule has 0 spiro atoms. The number of hydrogen-bond acceptors (Lipinski definition) is 2. The Hall–Kier alpha value is -2.23. The Labute approximate surface area is 146 Å². The van der Waals surface area contributed by atoms with Crippen molar-refractivity contribution in [1.82, 2.24) is 15.1 Å². The fourth-order valence-electron chi connectivity index (χ4n) is 1.92. The predicted molar refractivity (Wildman–Crippen MR) is 86.6 cm³/mol. The van der Waals surface area contributed by atoms with Crippen molar-refractivity contribution in [3.8, 4) is 0 Å². The van der Waals surface area contributed by atoms with Gasteiger partial charge in [-0.05, 0) is 18.1 Å². The van der Waals surface area contributed by atoms with E-state index in [0.717, 1.165) is 4.68 Å². The number of hydrogen-bond donors (Lipinski definition) is 2. The summed E-state index contributed by atoms with van der Waals surface area (Å²) in [5.74, 6) is -9.29. The first-order valence-corrected chi connectivity index (χ1v) is 7.70. The molecule has 25 heavy (non-hydrogen) atoms. The Kier molecular flexibility index (Phi) is 5.93. The largest absolute Gasteiger partial charge is 0.362 e. The Balaban J connectivity index is 2.13. The summed E-state index contributed by atoms with van der Waals surface area (Å²) in [6.07, 6.45) is 1.32. The minimum absolute atomic E-state index is 0.269. The van der Waals surface area contributed by atoms with Gasteiger partial charge in [-0.2, -0.15) is 5.10 Å². The SMILES string of the molecule is CC(C)CNC(=S)Nc1ccn(Cc2c(F)c(F)c(F)c(F)c2F)n1. The highest BCUT2D eigenvalue weighted by atomic mass is 32.1. The van der Waals surface area contributed by atoms with E-state index in [0.29, 0.717) is 17.6 Å². The summed E-state index contributed by atoms with van der Waals surface area (Å²) in [5.41, 5.74) is -0.966. The molecule has 0 aliphatic carbocycles. The molecule has 0 aliphatic rings. The van der Waals surface area contributed by atoms with Crippen molar-refractivity contribution < 1.29 is 22.0 Å². The zero-order chi connectivity index (χ0) is 18.7. The Bertz CT molecular complexity index is 761. The molecular formula is C15H15F5N4S. The maximum atomic E-state index is 13.7. The van der Waals surface area contributed by atoms with Crippen LogP contribution in [0.4, 0.5) is 27.8 Å². The van der Waals surface area contributed by atoms with Crippen LogP contribution in [0.25, 0.3) is 0 Å². The van der Waals surface area contributed by atoms with Crippen LogP contribution in [0, 0.1) is 35.0 Å². The van der Waals surface area contributed by atoms with Gasteiger partial charge >= 0.3 is 0 Å². The normalized spacial score (nSPS) is 11.0. The summed E-state index contributed by atoms with van der Waals surface area (Å²) in [6, 6.07) is 1.45. The van der Waals surface area contributed by atoms with E-state index in [1.54, 1.807) is 0 Å². The summed E-state index contributed by atoms with van der Waals surface area (Å²) in [4.78, 5) is 0. The first-order valence-electron chi connectivity index (χ1n) is 7.29. The van der Waals surface area contributed by atoms with Crippen LogP contribution in [0.1, 0.15) is 19.4 Å². The topological polar surface area (TPSA) is 41.9 Å². The summed E-state index contributed by atoms with van der Waals surface area (Å²) in [5, 5.41) is 9.94. The van der Waals surface area contributed by atoms with Crippen molar-refractivity contribution in [2.24, 2.45) is 5.92 Å². The number of anilines is 1. The van der Waals surface area contributed by atoms with E-state index in [4.69, 9.17) is 12.2 Å². The van der Waals surface area contributed by atoms with Crippen LogP contribution in [0.2, 0.25) is 0 Å². The molecule has 4 nitrogen and oxygen atoms in total. The van der Waals surface area contributed by atoms with Gasteiger partial charge < -0.3 is 10.6 Å². The highest BCUT2D eigenvalue weighted by Crippen LogP contribution is 2.23. The molecule has 0 amide bonds. The molecule has 136 valence electrons. The molecule has 0 bridgehead atoms. The first kappa shape index (κ1) is 19.1. The zero-order valence-electron chi connectivity index (χ0n) is 13.3. The van der Waals surface area contributed by atoms with Crippen LogP contribution in [0.3, 0.4) is 0 Å². The third-order valence-corrected chi connectivity index (χ3v) is 3.42. The minimum Gasteiger partial charge on any atom is -0.362 e. The number of aromatic nitrogens is 2. The summed E-state index contributed by atoms with van der Waals surface area (Å²) in [7, 11) is 0.